The van der Waals surface area contributed by atoms with Crippen LogP contribution in [0.25, 0.3) is 0 Å². The van der Waals surface area contributed by atoms with Gasteiger partial charge in [-0.1, -0.05) is 28.1 Å². The van der Waals surface area contributed by atoms with Crippen molar-refractivity contribution in [3.8, 4) is 0 Å². The van der Waals surface area contributed by atoms with Gasteiger partial charge < -0.3 is 10.2 Å². The zero-order valence-electron chi connectivity index (χ0n) is 9.91. The molecule has 2 nitrogen and oxygen atoms in total. The van der Waals surface area contributed by atoms with Crippen molar-refractivity contribution in [2.45, 2.75) is 25.4 Å². The number of likely N-dealkylation sites (N-methyl/N-ethyl adjacent to an activating group) is 1. The van der Waals surface area contributed by atoms with Crippen molar-refractivity contribution >= 4 is 15.9 Å². The van der Waals surface area contributed by atoms with E-state index in [0.29, 0.717) is 12.1 Å². The predicted molar refractivity (Wildman–Crippen MR) is 71.6 cm³/mol. The Morgan fingerprint density at radius 3 is 2.94 bits per heavy atom. The molecule has 0 aromatic heterocycles. The van der Waals surface area contributed by atoms with E-state index in [1.165, 1.54) is 25.1 Å². The Morgan fingerprint density at radius 1 is 1.50 bits per heavy atom. The minimum absolute atomic E-state index is 0.425. The second-order valence-electron chi connectivity index (χ2n) is 4.69. The molecule has 0 amide bonds. The predicted octanol–water partition coefficient (Wildman–Crippen LogP) is 2.80. The number of rotatable bonds is 3. The van der Waals surface area contributed by atoms with Crippen LogP contribution in [0.3, 0.4) is 0 Å². The van der Waals surface area contributed by atoms with Crippen molar-refractivity contribution in [2.75, 3.05) is 20.1 Å². The lowest BCUT2D eigenvalue weighted by Crippen LogP contribution is -2.33. The standard InChI is InChI=1S/C13H19BrN2/c1-10(11-4-3-5-12(14)8-11)15-13-6-7-16(2)9-13/h3-5,8,10,13,15H,6-7,9H2,1-2H3/t10-,13?/m1/s1. The molecule has 0 saturated carbocycles. The van der Waals surface area contributed by atoms with Gasteiger partial charge in [-0.15, -0.1) is 0 Å². The Bertz CT molecular complexity index is 354. The monoisotopic (exact) mass is 282 g/mol. The third-order valence-electron chi connectivity index (χ3n) is 3.23. The minimum Gasteiger partial charge on any atom is -0.306 e. The average molecular weight is 283 g/mol. The molecule has 2 rings (SSSR count). The van der Waals surface area contributed by atoms with E-state index < -0.39 is 0 Å². The maximum Gasteiger partial charge on any atom is 0.0295 e. The lowest BCUT2D eigenvalue weighted by atomic mass is 10.1. The van der Waals surface area contributed by atoms with Crippen LogP contribution in [0.5, 0.6) is 0 Å². The second kappa shape index (κ2) is 5.30. The number of halogens is 1. The zero-order chi connectivity index (χ0) is 11.5. The summed E-state index contributed by atoms with van der Waals surface area (Å²) in [7, 11) is 2.19. The van der Waals surface area contributed by atoms with Crippen molar-refractivity contribution in [3.05, 3.63) is 34.3 Å². The molecule has 3 heteroatoms. The highest BCUT2D eigenvalue weighted by Gasteiger charge is 2.20. The van der Waals surface area contributed by atoms with Crippen molar-refractivity contribution in [2.24, 2.45) is 0 Å². The third-order valence-corrected chi connectivity index (χ3v) is 3.72. The van der Waals surface area contributed by atoms with Gasteiger partial charge in [0, 0.05) is 23.1 Å². The van der Waals surface area contributed by atoms with E-state index in [0.717, 1.165) is 4.47 Å². The molecule has 1 unspecified atom stereocenters. The molecule has 0 spiro atoms. The van der Waals surface area contributed by atoms with Crippen molar-refractivity contribution < 1.29 is 0 Å². The summed E-state index contributed by atoms with van der Waals surface area (Å²) in [6.07, 6.45) is 1.26. The summed E-state index contributed by atoms with van der Waals surface area (Å²) in [6, 6.07) is 9.60. The van der Waals surface area contributed by atoms with Gasteiger partial charge in [0.05, 0.1) is 0 Å². The lowest BCUT2D eigenvalue weighted by molar-refractivity contribution is 0.387. The molecule has 1 fully saturated rings. The third kappa shape index (κ3) is 3.06. The maximum atomic E-state index is 3.69. The first kappa shape index (κ1) is 12.1. The molecule has 88 valence electrons. The molecule has 1 saturated heterocycles. The summed E-state index contributed by atoms with van der Waals surface area (Å²) in [5.74, 6) is 0. The molecule has 0 aliphatic carbocycles. The average Bonchev–Trinajstić information content (AvgIpc) is 2.64. The SMILES string of the molecule is C[C@@H](NC1CCN(C)C1)c1cccc(Br)c1. The Hall–Kier alpha value is -0.380. The van der Waals surface area contributed by atoms with Gasteiger partial charge in [0.15, 0.2) is 0 Å². The molecule has 1 N–H and O–H groups in total. The molecule has 0 bridgehead atoms. The fourth-order valence-corrected chi connectivity index (χ4v) is 2.71. The van der Waals surface area contributed by atoms with E-state index in [1.807, 2.05) is 0 Å². The van der Waals surface area contributed by atoms with E-state index in [-0.39, 0.29) is 0 Å². The Kier molecular flexibility index (Phi) is 4.00. The topological polar surface area (TPSA) is 15.3 Å². The van der Waals surface area contributed by atoms with Crippen LogP contribution < -0.4 is 5.32 Å². The molecule has 0 radical (unpaired) electrons. The first-order valence-electron chi connectivity index (χ1n) is 5.85. The Labute approximate surface area is 106 Å². The van der Waals surface area contributed by atoms with Crippen LogP contribution in [0.1, 0.15) is 24.9 Å². The number of hydrogen-bond acceptors (Lipinski definition) is 2. The van der Waals surface area contributed by atoms with Crippen LogP contribution in [0, 0.1) is 0 Å². The van der Waals surface area contributed by atoms with Crippen LogP contribution >= 0.6 is 15.9 Å². The van der Waals surface area contributed by atoms with E-state index >= 15 is 0 Å². The van der Waals surface area contributed by atoms with E-state index in [2.05, 4.69) is 64.4 Å². The summed E-state index contributed by atoms with van der Waals surface area (Å²) < 4.78 is 1.15. The Morgan fingerprint density at radius 2 is 2.31 bits per heavy atom. The molecular formula is C13H19BrN2. The molecule has 2 atom stereocenters. The normalized spacial score (nSPS) is 23.6. The van der Waals surface area contributed by atoms with Gasteiger partial charge in [0.1, 0.15) is 0 Å². The van der Waals surface area contributed by atoms with E-state index in [9.17, 15) is 0 Å². The summed E-state index contributed by atoms with van der Waals surface area (Å²) in [6.45, 7) is 4.61. The first-order valence-corrected chi connectivity index (χ1v) is 6.64. The molecule has 1 aromatic rings. The number of nitrogens with one attached hydrogen (secondary N) is 1. The van der Waals surface area contributed by atoms with Gasteiger partial charge in [-0.25, -0.2) is 0 Å². The molecular weight excluding hydrogens is 264 g/mol. The number of likely N-dealkylation sites (tertiary alicyclic amines) is 1. The largest absolute Gasteiger partial charge is 0.306 e. The van der Waals surface area contributed by atoms with Gasteiger partial charge >= 0.3 is 0 Å². The van der Waals surface area contributed by atoms with Crippen LogP contribution in [-0.4, -0.2) is 31.1 Å². The van der Waals surface area contributed by atoms with Crippen molar-refractivity contribution in [1.29, 1.82) is 0 Å². The van der Waals surface area contributed by atoms with Gasteiger partial charge in [-0.3, -0.25) is 0 Å². The molecule has 1 aliphatic rings. The summed E-state index contributed by atoms with van der Waals surface area (Å²) >= 11 is 3.52. The van der Waals surface area contributed by atoms with Gasteiger partial charge in [0.2, 0.25) is 0 Å². The first-order chi connectivity index (χ1) is 7.65. The van der Waals surface area contributed by atoms with Crippen LogP contribution in [0.15, 0.2) is 28.7 Å². The highest BCUT2D eigenvalue weighted by atomic mass is 79.9. The highest BCUT2D eigenvalue weighted by molar-refractivity contribution is 9.10. The van der Waals surface area contributed by atoms with E-state index in [1.54, 1.807) is 0 Å². The van der Waals surface area contributed by atoms with Crippen LogP contribution in [-0.2, 0) is 0 Å². The lowest BCUT2D eigenvalue weighted by Gasteiger charge is -2.20. The molecule has 1 aliphatic heterocycles. The highest BCUT2D eigenvalue weighted by Crippen LogP contribution is 2.19. The van der Waals surface area contributed by atoms with Crippen LogP contribution in [0.4, 0.5) is 0 Å². The summed E-state index contributed by atoms with van der Waals surface area (Å²) in [5, 5.41) is 3.69. The fraction of sp³-hybridized carbons (Fsp3) is 0.538. The smallest absolute Gasteiger partial charge is 0.0295 e. The molecule has 1 heterocycles. The van der Waals surface area contributed by atoms with Gasteiger partial charge in [-0.2, -0.15) is 0 Å². The number of benzene rings is 1. The van der Waals surface area contributed by atoms with Crippen molar-refractivity contribution in [1.82, 2.24) is 10.2 Å². The van der Waals surface area contributed by atoms with Gasteiger partial charge in [-0.05, 0) is 44.6 Å². The van der Waals surface area contributed by atoms with Crippen LogP contribution in [0.2, 0.25) is 0 Å². The zero-order valence-corrected chi connectivity index (χ0v) is 11.5. The molecule has 1 aromatic carbocycles. The second-order valence-corrected chi connectivity index (χ2v) is 5.61. The van der Waals surface area contributed by atoms with Crippen molar-refractivity contribution in [3.63, 3.8) is 0 Å². The minimum atomic E-state index is 0.425. The quantitative estimate of drug-likeness (QED) is 0.917. The van der Waals surface area contributed by atoms with Gasteiger partial charge in [0.25, 0.3) is 0 Å². The molecule has 16 heavy (non-hydrogen) atoms. The Balaban J connectivity index is 1.95. The summed E-state index contributed by atoms with van der Waals surface area (Å²) in [5.41, 5.74) is 1.35. The number of nitrogens with zero attached hydrogens (tertiary/aromatic N) is 1. The maximum absolute atomic E-state index is 3.69. The summed E-state index contributed by atoms with van der Waals surface area (Å²) in [4.78, 5) is 2.38. The fourth-order valence-electron chi connectivity index (χ4n) is 2.30. The number of hydrogen-bond donors (Lipinski definition) is 1. The van der Waals surface area contributed by atoms with E-state index in [4.69, 9.17) is 0 Å².